The van der Waals surface area contributed by atoms with Crippen LogP contribution < -0.4 is 5.32 Å². The number of carbonyl (C=O) groups is 3. The number of carbonyl (C=O) groups excluding carboxylic acids is 1. The van der Waals surface area contributed by atoms with Crippen LogP contribution in [0.5, 0.6) is 0 Å². The van der Waals surface area contributed by atoms with E-state index < -0.39 is 11.9 Å². The first-order valence-electron chi connectivity index (χ1n) is 9.23. The summed E-state index contributed by atoms with van der Waals surface area (Å²) in [7, 11) is 1.78. The highest BCUT2D eigenvalue weighted by Gasteiger charge is 2.27. The van der Waals surface area contributed by atoms with Crippen LogP contribution in [0, 0.1) is 0 Å². The number of carboxylic acids is 2. The van der Waals surface area contributed by atoms with Gasteiger partial charge in [-0.25, -0.2) is 9.59 Å². The van der Waals surface area contributed by atoms with Crippen LogP contribution in [0.2, 0.25) is 0 Å². The molecule has 1 aliphatic heterocycles. The van der Waals surface area contributed by atoms with Crippen molar-refractivity contribution in [2.24, 2.45) is 0 Å². The molecule has 0 aliphatic carbocycles. The second kappa shape index (κ2) is 9.47. The molecular formula is C21H21N3O5S. The predicted molar refractivity (Wildman–Crippen MR) is 114 cm³/mol. The Hall–Kier alpha value is -3.30. The van der Waals surface area contributed by atoms with Gasteiger partial charge in [0.15, 0.2) is 0 Å². The molecule has 30 heavy (non-hydrogen) atoms. The number of anilines is 1. The van der Waals surface area contributed by atoms with Crippen molar-refractivity contribution in [2.75, 3.05) is 18.9 Å². The van der Waals surface area contributed by atoms with Crippen molar-refractivity contribution in [1.82, 2.24) is 9.88 Å². The Bertz CT molecular complexity index is 1100. The van der Waals surface area contributed by atoms with E-state index in [0.717, 1.165) is 58.1 Å². The van der Waals surface area contributed by atoms with Crippen LogP contribution in [0.1, 0.15) is 26.5 Å². The summed E-state index contributed by atoms with van der Waals surface area (Å²) in [5, 5.41) is 21.8. The first kappa shape index (κ1) is 21.4. The second-order valence-corrected chi connectivity index (χ2v) is 7.78. The van der Waals surface area contributed by atoms with Gasteiger partial charge < -0.3 is 15.5 Å². The number of hydrogen-bond acceptors (Lipinski definition) is 7. The molecule has 0 spiro atoms. The number of fused-ring (bicyclic) bond motifs is 2. The van der Waals surface area contributed by atoms with E-state index in [1.807, 2.05) is 18.2 Å². The number of para-hydroxylation sites is 1. The SMILES string of the molecule is CNc1sc2c(c1C(=O)O)CCN(Cc1ccc3ccccc3n1)C2.O=CC(=O)O. The number of rotatable bonds is 5. The number of aromatic carboxylic acids is 1. The summed E-state index contributed by atoms with van der Waals surface area (Å²) in [5.74, 6) is -2.27. The molecule has 1 aliphatic rings. The number of nitrogens with one attached hydrogen (secondary N) is 1. The minimum absolute atomic E-state index is 0.167. The number of aldehydes is 1. The first-order valence-corrected chi connectivity index (χ1v) is 10.0. The van der Waals surface area contributed by atoms with Gasteiger partial charge >= 0.3 is 11.9 Å². The summed E-state index contributed by atoms with van der Waals surface area (Å²) in [5.41, 5.74) is 3.50. The second-order valence-electron chi connectivity index (χ2n) is 6.68. The van der Waals surface area contributed by atoms with Crippen molar-refractivity contribution in [1.29, 1.82) is 0 Å². The molecule has 4 rings (SSSR count). The summed E-state index contributed by atoms with van der Waals surface area (Å²) in [4.78, 5) is 37.7. The standard InChI is InChI=1S/C19H19N3O2S.C2H2O3/c1-20-18-17(19(23)24)14-8-9-22(11-16(14)25-18)10-13-7-6-12-4-2-3-5-15(12)21-13;3-1-2(4)5/h2-7,20H,8-11H2,1H3,(H,23,24);1H,(H,4,5). The third-order valence-corrected chi connectivity index (χ3v) is 5.95. The van der Waals surface area contributed by atoms with Gasteiger partial charge in [-0.2, -0.15) is 0 Å². The van der Waals surface area contributed by atoms with E-state index in [1.54, 1.807) is 18.4 Å². The highest BCUT2D eigenvalue weighted by molar-refractivity contribution is 7.16. The maximum Gasteiger partial charge on any atom is 0.368 e. The van der Waals surface area contributed by atoms with Crippen molar-refractivity contribution in [3.05, 3.63) is 58.1 Å². The zero-order valence-electron chi connectivity index (χ0n) is 16.3. The van der Waals surface area contributed by atoms with E-state index in [9.17, 15) is 9.90 Å². The molecule has 3 heterocycles. The van der Waals surface area contributed by atoms with Crippen molar-refractivity contribution in [3.8, 4) is 0 Å². The van der Waals surface area contributed by atoms with Crippen molar-refractivity contribution in [3.63, 3.8) is 0 Å². The van der Waals surface area contributed by atoms with Crippen molar-refractivity contribution in [2.45, 2.75) is 19.5 Å². The van der Waals surface area contributed by atoms with E-state index >= 15 is 0 Å². The molecule has 0 radical (unpaired) electrons. The van der Waals surface area contributed by atoms with Crippen LogP contribution in [0.15, 0.2) is 36.4 Å². The number of hydrogen-bond donors (Lipinski definition) is 3. The zero-order valence-corrected chi connectivity index (χ0v) is 17.1. The Labute approximate surface area is 176 Å². The third-order valence-electron chi connectivity index (χ3n) is 4.72. The lowest BCUT2D eigenvalue weighted by Crippen LogP contribution is -2.30. The average Bonchev–Trinajstić information content (AvgIpc) is 3.12. The molecule has 0 unspecified atom stereocenters. The smallest absolute Gasteiger partial charge is 0.368 e. The Morgan fingerprint density at radius 1 is 1.23 bits per heavy atom. The maximum atomic E-state index is 11.6. The third kappa shape index (κ3) is 4.81. The fourth-order valence-corrected chi connectivity index (χ4v) is 4.65. The van der Waals surface area contributed by atoms with Gasteiger partial charge in [-0.05, 0) is 24.1 Å². The molecule has 0 saturated carbocycles. The number of carboxylic acid groups (broad SMARTS) is 2. The normalized spacial score (nSPS) is 13.1. The van der Waals surface area contributed by atoms with Crippen LogP contribution in [0.3, 0.4) is 0 Å². The summed E-state index contributed by atoms with van der Waals surface area (Å²) in [6.07, 6.45) is 0.600. The summed E-state index contributed by atoms with van der Waals surface area (Å²) >= 11 is 1.55. The van der Waals surface area contributed by atoms with E-state index in [1.165, 1.54) is 0 Å². The molecule has 0 bridgehead atoms. The molecule has 3 aromatic rings. The van der Waals surface area contributed by atoms with E-state index in [0.29, 0.717) is 5.56 Å². The zero-order chi connectivity index (χ0) is 21.7. The molecule has 1 aromatic carbocycles. The molecule has 0 fully saturated rings. The monoisotopic (exact) mass is 427 g/mol. The van der Waals surface area contributed by atoms with Crippen molar-refractivity contribution >= 4 is 45.5 Å². The molecule has 3 N–H and O–H groups in total. The lowest BCUT2D eigenvalue weighted by Gasteiger charge is -2.26. The van der Waals surface area contributed by atoms with Gasteiger partial charge in [-0.3, -0.25) is 14.7 Å². The van der Waals surface area contributed by atoms with Crippen LogP contribution >= 0.6 is 11.3 Å². The van der Waals surface area contributed by atoms with E-state index in [2.05, 4.69) is 28.4 Å². The van der Waals surface area contributed by atoms with Gasteiger partial charge in [0.2, 0.25) is 6.29 Å². The Morgan fingerprint density at radius 3 is 2.63 bits per heavy atom. The van der Waals surface area contributed by atoms with Crippen LogP contribution in [-0.4, -0.2) is 51.9 Å². The number of nitrogens with zero attached hydrogens (tertiary/aromatic N) is 2. The minimum atomic E-state index is -1.43. The number of benzene rings is 1. The maximum absolute atomic E-state index is 11.6. The number of thiophene rings is 1. The molecule has 0 amide bonds. The minimum Gasteiger partial charge on any atom is -0.478 e. The van der Waals surface area contributed by atoms with Crippen molar-refractivity contribution < 1.29 is 24.6 Å². The Balaban J connectivity index is 0.000000461. The number of aromatic nitrogens is 1. The number of pyridine rings is 1. The summed E-state index contributed by atoms with van der Waals surface area (Å²) in [6.45, 7) is 2.40. The van der Waals surface area contributed by atoms with Crippen LogP contribution in [0.25, 0.3) is 10.9 Å². The molecule has 156 valence electrons. The number of aliphatic carboxylic acids is 1. The van der Waals surface area contributed by atoms with Crippen LogP contribution in [-0.2, 0) is 29.1 Å². The van der Waals surface area contributed by atoms with E-state index in [4.69, 9.17) is 19.7 Å². The fraction of sp³-hybridized carbons (Fsp3) is 0.238. The molecule has 2 aromatic heterocycles. The highest BCUT2D eigenvalue weighted by atomic mass is 32.1. The Kier molecular flexibility index (Phi) is 6.76. The largest absolute Gasteiger partial charge is 0.478 e. The molecular weight excluding hydrogens is 406 g/mol. The first-order chi connectivity index (χ1) is 14.4. The van der Waals surface area contributed by atoms with Gasteiger partial charge in [-0.15, -0.1) is 11.3 Å². The summed E-state index contributed by atoms with van der Waals surface area (Å²) < 4.78 is 0. The molecule has 9 heteroatoms. The van der Waals surface area contributed by atoms with Gasteiger partial charge in [0.05, 0.1) is 16.8 Å². The van der Waals surface area contributed by atoms with Gasteiger partial charge in [-0.1, -0.05) is 24.3 Å². The summed E-state index contributed by atoms with van der Waals surface area (Å²) in [6, 6.07) is 12.3. The predicted octanol–water partition coefficient (Wildman–Crippen LogP) is 2.86. The lowest BCUT2D eigenvalue weighted by molar-refractivity contribution is -0.143. The molecule has 0 saturated heterocycles. The van der Waals surface area contributed by atoms with E-state index in [-0.39, 0.29) is 6.29 Å². The van der Waals surface area contributed by atoms with Crippen LogP contribution in [0.4, 0.5) is 5.00 Å². The lowest BCUT2D eigenvalue weighted by atomic mass is 10.0. The average molecular weight is 427 g/mol. The van der Waals surface area contributed by atoms with Gasteiger partial charge in [0, 0.05) is 36.9 Å². The van der Waals surface area contributed by atoms with Gasteiger partial charge in [0.25, 0.3) is 0 Å². The molecule has 0 atom stereocenters. The fourth-order valence-electron chi connectivity index (χ4n) is 3.42. The Morgan fingerprint density at radius 2 is 1.97 bits per heavy atom. The van der Waals surface area contributed by atoms with Gasteiger partial charge in [0.1, 0.15) is 5.00 Å². The highest BCUT2D eigenvalue weighted by Crippen LogP contribution is 2.37. The topological polar surface area (TPSA) is 120 Å². The molecule has 8 nitrogen and oxygen atoms in total. The quantitative estimate of drug-likeness (QED) is 0.420.